The molecular weight excluding hydrogens is 563 g/mol. The van der Waals surface area contributed by atoms with Gasteiger partial charge in [-0.1, -0.05) is 123 Å². The van der Waals surface area contributed by atoms with E-state index in [4.69, 9.17) is 18.5 Å². The first-order chi connectivity index (χ1) is 20.3. The third kappa shape index (κ3) is 26.6. The molecule has 0 spiro atoms. The lowest BCUT2D eigenvalue weighted by molar-refractivity contribution is -0.153. The number of carbonyl (C=O) groups is 2. The predicted molar refractivity (Wildman–Crippen MR) is 164 cm³/mol. The van der Waals surface area contributed by atoms with Crippen LogP contribution in [0.3, 0.4) is 0 Å². The highest BCUT2D eigenvalue weighted by Gasteiger charge is 2.27. The molecule has 250 valence electrons. The zero-order valence-corrected chi connectivity index (χ0v) is 27.4. The maximum absolute atomic E-state index is 12.1. The van der Waals surface area contributed by atoms with E-state index in [9.17, 15) is 29.3 Å². The molecule has 0 heterocycles. The fourth-order valence-electron chi connectivity index (χ4n) is 4.44. The number of aliphatic hydroxyl groups is 2. The Morgan fingerprint density at radius 1 is 0.548 bits per heavy atom. The van der Waals surface area contributed by atoms with Gasteiger partial charge in [0.25, 0.3) is 0 Å². The summed E-state index contributed by atoms with van der Waals surface area (Å²) >= 11 is 0. The minimum atomic E-state index is -4.60. The maximum Gasteiger partial charge on any atom is 0.472 e. The van der Waals surface area contributed by atoms with Crippen molar-refractivity contribution in [3.8, 4) is 0 Å². The van der Waals surface area contributed by atoms with E-state index < -0.39 is 58.4 Å². The van der Waals surface area contributed by atoms with E-state index in [-0.39, 0.29) is 12.8 Å². The van der Waals surface area contributed by atoms with E-state index in [1.54, 1.807) is 0 Å². The summed E-state index contributed by atoms with van der Waals surface area (Å²) in [6, 6.07) is 0. The molecule has 0 fully saturated rings. The normalized spacial score (nSPS) is 14.3. The SMILES string of the molecule is CCCCCCCCCCCCCCCCCCCC(=O)OC(CO)COP(=O)(O)OCC(CO)OC(=O)CCCC. The molecule has 0 aliphatic heterocycles. The number of carbonyl (C=O) groups excluding carboxylic acids is 2. The van der Waals surface area contributed by atoms with Gasteiger partial charge in [0, 0.05) is 12.8 Å². The fraction of sp³-hybridized carbons (Fsp3) is 0.935. The van der Waals surface area contributed by atoms with Crippen molar-refractivity contribution in [2.45, 2.75) is 161 Å². The average molecular weight is 625 g/mol. The first kappa shape index (κ1) is 41.0. The van der Waals surface area contributed by atoms with Crippen LogP contribution in [-0.2, 0) is 32.7 Å². The van der Waals surface area contributed by atoms with Gasteiger partial charge < -0.3 is 24.6 Å². The highest BCUT2D eigenvalue weighted by molar-refractivity contribution is 7.47. The molecule has 0 aromatic heterocycles. The molecule has 0 amide bonds. The van der Waals surface area contributed by atoms with Gasteiger partial charge in [-0.05, 0) is 12.8 Å². The van der Waals surface area contributed by atoms with E-state index in [1.165, 1.54) is 83.5 Å². The molecule has 0 bridgehead atoms. The Kier molecular flexibility index (Phi) is 28.0. The van der Waals surface area contributed by atoms with Crippen LogP contribution in [0.5, 0.6) is 0 Å². The topological polar surface area (TPSA) is 149 Å². The van der Waals surface area contributed by atoms with Gasteiger partial charge in [0.05, 0.1) is 26.4 Å². The summed E-state index contributed by atoms with van der Waals surface area (Å²) in [5, 5.41) is 18.8. The van der Waals surface area contributed by atoms with E-state index in [0.717, 1.165) is 25.7 Å². The van der Waals surface area contributed by atoms with Crippen LogP contribution < -0.4 is 0 Å². The summed E-state index contributed by atoms with van der Waals surface area (Å²) in [5.41, 5.74) is 0. The lowest BCUT2D eigenvalue weighted by Crippen LogP contribution is -2.28. The number of phosphoric acid groups is 1. The lowest BCUT2D eigenvalue weighted by atomic mass is 10.0. The summed E-state index contributed by atoms with van der Waals surface area (Å²) in [6.45, 7) is 1.90. The van der Waals surface area contributed by atoms with Gasteiger partial charge in [0.2, 0.25) is 0 Å². The Morgan fingerprint density at radius 3 is 1.19 bits per heavy atom. The average Bonchev–Trinajstić information content (AvgIpc) is 2.97. The van der Waals surface area contributed by atoms with Crippen molar-refractivity contribution in [3.63, 3.8) is 0 Å². The molecule has 10 nitrogen and oxygen atoms in total. The molecule has 3 atom stereocenters. The number of phosphoric ester groups is 1. The molecular formula is C31H61O10P. The van der Waals surface area contributed by atoms with Gasteiger partial charge in [-0.2, -0.15) is 0 Å². The second-order valence-corrected chi connectivity index (χ2v) is 12.6. The summed E-state index contributed by atoms with van der Waals surface area (Å²) in [5.74, 6) is -1.05. The van der Waals surface area contributed by atoms with Crippen LogP contribution in [0.15, 0.2) is 0 Å². The Labute approximate surface area is 254 Å². The molecule has 0 aliphatic rings. The first-order valence-electron chi connectivity index (χ1n) is 16.5. The lowest BCUT2D eigenvalue weighted by Gasteiger charge is -2.20. The van der Waals surface area contributed by atoms with Crippen LogP contribution in [0.2, 0.25) is 0 Å². The number of ether oxygens (including phenoxy) is 2. The van der Waals surface area contributed by atoms with Crippen LogP contribution in [0.1, 0.15) is 149 Å². The number of esters is 2. The minimum Gasteiger partial charge on any atom is -0.457 e. The van der Waals surface area contributed by atoms with Gasteiger partial charge in [0.15, 0.2) is 0 Å². The molecule has 0 saturated carbocycles. The third-order valence-electron chi connectivity index (χ3n) is 7.07. The van der Waals surface area contributed by atoms with Crippen molar-refractivity contribution in [2.75, 3.05) is 26.4 Å². The van der Waals surface area contributed by atoms with E-state index >= 15 is 0 Å². The van der Waals surface area contributed by atoms with Crippen LogP contribution in [0, 0.1) is 0 Å². The van der Waals surface area contributed by atoms with E-state index in [0.29, 0.717) is 12.8 Å². The van der Waals surface area contributed by atoms with Gasteiger partial charge in [-0.3, -0.25) is 18.6 Å². The van der Waals surface area contributed by atoms with Crippen molar-refractivity contribution < 1.29 is 47.8 Å². The highest BCUT2D eigenvalue weighted by atomic mass is 31.2. The molecule has 0 aliphatic carbocycles. The quantitative estimate of drug-likeness (QED) is 0.0412. The van der Waals surface area contributed by atoms with Crippen LogP contribution >= 0.6 is 7.82 Å². The second-order valence-electron chi connectivity index (χ2n) is 11.2. The Bertz CT molecular complexity index is 691. The van der Waals surface area contributed by atoms with Crippen LogP contribution in [0.4, 0.5) is 0 Å². The van der Waals surface area contributed by atoms with Crippen LogP contribution in [-0.4, -0.2) is 65.7 Å². The first-order valence-corrected chi connectivity index (χ1v) is 18.0. The number of aliphatic hydroxyl groups excluding tert-OH is 2. The Morgan fingerprint density at radius 2 is 0.857 bits per heavy atom. The van der Waals surface area contributed by atoms with Crippen molar-refractivity contribution in [2.24, 2.45) is 0 Å². The zero-order valence-electron chi connectivity index (χ0n) is 26.5. The minimum absolute atomic E-state index is 0.170. The molecule has 0 aromatic carbocycles. The molecule has 42 heavy (non-hydrogen) atoms. The van der Waals surface area contributed by atoms with E-state index in [2.05, 4.69) is 6.92 Å². The molecule has 0 radical (unpaired) electrons. The van der Waals surface area contributed by atoms with E-state index in [1.807, 2.05) is 6.92 Å². The Hall–Kier alpha value is -1.03. The molecule has 3 unspecified atom stereocenters. The maximum atomic E-state index is 12.1. The molecule has 0 saturated heterocycles. The fourth-order valence-corrected chi connectivity index (χ4v) is 5.23. The van der Waals surface area contributed by atoms with Crippen molar-refractivity contribution in [1.82, 2.24) is 0 Å². The predicted octanol–water partition coefficient (Wildman–Crippen LogP) is 7.16. The second kappa shape index (κ2) is 28.7. The molecule has 3 N–H and O–H groups in total. The Balaban J connectivity index is 3.83. The zero-order chi connectivity index (χ0) is 31.3. The standard InChI is InChI=1S/C31H61O10P/c1-3-5-7-8-9-10-11-12-13-14-15-16-17-18-19-20-21-23-31(35)41-29(25-33)27-39-42(36,37)38-26-28(24-32)40-30(34)22-6-4-2/h28-29,32-33H,3-27H2,1-2H3,(H,36,37). The van der Waals surface area contributed by atoms with Gasteiger partial charge >= 0.3 is 19.8 Å². The number of hydrogen-bond donors (Lipinski definition) is 3. The molecule has 11 heteroatoms. The van der Waals surface area contributed by atoms with Crippen molar-refractivity contribution >= 4 is 19.8 Å². The largest absolute Gasteiger partial charge is 0.472 e. The number of hydrogen-bond acceptors (Lipinski definition) is 9. The van der Waals surface area contributed by atoms with Gasteiger partial charge in [-0.25, -0.2) is 4.57 Å². The summed E-state index contributed by atoms with van der Waals surface area (Å²) in [7, 11) is -4.60. The van der Waals surface area contributed by atoms with Gasteiger partial charge in [0.1, 0.15) is 12.2 Å². The number of rotatable bonds is 31. The number of unbranched alkanes of at least 4 members (excludes halogenated alkanes) is 17. The molecule has 0 aromatic rings. The smallest absolute Gasteiger partial charge is 0.457 e. The van der Waals surface area contributed by atoms with Crippen molar-refractivity contribution in [1.29, 1.82) is 0 Å². The summed E-state index contributed by atoms with van der Waals surface area (Å²) < 4.78 is 31.9. The summed E-state index contributed by atoms with van der Waals surface area (Å²) in [4.78, 5) is 33.6. The van der Waals surface area contributed by atoms with Crippen LogP contribution in [0.25, 0.3) is 0 Å². The van der Waals surface area contributed by atoms with Gasteiger partial charge in [-0.15, -0.1) is 0 Å². The summed E-state index contributed by atoms with van der Waals surface area (Å²) in [6.07, 6.45) is 20.8. The van der Waals surface area contributed by atoms with Crippen molar-refractivity contribution in [3.05, 3.63) is 0 Å². The third-order valence-corrected chi connectivity index (χ3v) is 8.02. The molecule has 0 rings (SSSR count). The highest BCUT2D eigenvalue weighted by Crippen LogP contribution is 2.43. The monoisotopic (exact) mass is 624 g/mol.